The number of rotatable bonds is 4. The number of para-hydroxylation sites is 2. The predicted molar refractivity (Wildman–Crippen MR) is 94.0 cm³/mol. The van der Waals surface area contributed by atoms with Crippen LogP contribution in [-0.4, -0.2) is 31.6 Å². The van der Waals surface area contributed by atoms with E-state index in [1.54, 1.807) is 0 Å². The second kappa shape index (κ2) is 7.50. The lowest BCUT2D eigenvalue weighted by Gasteiger charge is -2.30. The number of carbonyl (C=O) groups excluding carboxylic acids is 2. The second-order valence-electron chi connectivity index (χ2n) is 5.58. The maximum Gasteiger partial charge on any atom is 0.319 e. The highest BCUT2D eigenvalue weighted by atomic mass is 16.2. The molecule has 24 heavy (non-hydrogen) atoms. The van der Waals surface area contributed by atoms with Crippen LogP contribution in [0.4, 0.5) is 16.2 Å². The summed E-state index contributed by atoms with van der Waals surface area (Å²) >= 11 is 0. The molecule has 6 heteroatoms. The number of hydrogen-bond acceptors (Lipinski definition) is 3. The minimum atomic E-state index is -0.271. The molecule has 0 saturated carbocycles. The Hall–Kier alpha value is -3.02. The molecule has 1 saturated heterocycles. The number of anilines is 2. The van der Waals surface area contributed by atoms with Crippen LogP contribution in [0.3, 0.4) is 0 Å². The van der Waals surface area contributed by atoms with Gasteiger partial charge in [0.15, 0.2) is 0 Å². The highest BCUT2D eigenvalue weighted by Crippen LogP contribution is 2.25. The van der Waals surface area contributed by atoms with Gasteiger partial charge in [-0.05, 0) is 17.7 Å². The zero-order chi connectivity index (χ0) is 16.8. The van der Waals surface area contributed by atoms with Crippen molar-refractivity contribution in [1.82, 2.24) is 10.6 Å². The van der Waals surface area contributed by atoms with E-state index in [9.17, 15) is 9.59 Å². The van der Waals surface area contributed by atoms with Gasteiger partial charge in [-0.15, -0.1) is 0 Å². The summed E-state index contributed by atoms with van der Waals surface area (Å²) in [7, 11) is 0. The Labute approximate surface area is 140 Å². The van der Waals surface area contributed by atoms with E-state index >= 15 is 0 Å². The van der Waals surface area contributed by atoms with Crippen LogP contribution in [0.1, 0.15) is 5.56 Å². The number of nitrogens with one attached hydrogen (secondary N) is 3. The maximum atomic E-state index is 12.2. The van der Waals surface area contributed by atoms with Crippen LogP contribution >= 0.6 is 0 Å². The molecule has 0 unspecified atom stereocenters. The largest absolute Gasteiger partial charge is 0.359 e. The molecule has 3 N–H and O–H groups in total. The Bertz CT molecular complexity index is 718. The Kier molecular flexibility index (Phi) is 4.96. The van der Waals surface area contributed by atoms with E-state index in [2.05, 4.69) is 16.0 Å². The first kappa shape index (κ1) is 15.9. The number of hydrogen-bond donors (Lipinski definition) is 3. The molecule has 0 bridgehead atoms. The van der Waals surface area contributed by atoms with Gasteiger partial charge in [0, 0.05) is 19.6 Å². The van der Waals surface area contributed by atoms with Gasteiger partial charge >= 0.3 is 6.03 Å². The SMILES string of the molecule is O=C1CN(c2ccccc2NC(=O)NCc2ccccc2)CCN1. The molecule has 2 aromatic rings. The summed E-state index contributed by atoms with van der Waals surface area (Å²) < 4.78 is 0. The number of urea groups is 1. The summed E-state index contributed by atoms with van der Waals surface area (Å²) in [5.41, 5.74) is 2.58. The van der Waals surface area contributed by atoms with Crippen molar-refractivity contribution in [2.75, 3.05) is 29.9 Å². The Morgan fingerprint density at radius 1 is 1.08 bits per heavy atom. The van der Waals surface area contributed by atoms with Gasteiger partial charge in [-0.2, -0.15) is 0 Å². The van der Waals surface area contributed by atoms with Crippen LogP contribution in [0.5, 0.6) is 0 Å². The average molecular weight is 324 g/mol. The van der Waals surface area contributed by atoms with E-state index in [1.165, 1.54) is 0 Å². The van der Waals surface area contributed by atoms with Crippen LogP contribution in [0.2, 0.25) is 0 Å². The van der Waals surface area contributed by atoms with Gasteiger partial charge in [-0.25, -0.2) is 4.79 Å². The van der Waals surface area contributed by atoms with Gasteiger partial charge in [-0.1, -0.05) is 42.5 Å². The molecular formula is C18H20N4O2. The van der Waals surface area contributed by atoms with Crippen LogP contribution in [0.15, 0.2) is 54.6 Å². The molecule has 2 aromatic carbocycles. The fraction of sp³-hybridized carbons (Fsp3) is 0.222. The second-order valence-corrected chi connectivity index (χ2v) is 5.58. The molecule has 3 rings (SSSR count). The molecule has 0 radical (unpaired) electrons. The van der Waals surface area contributed by atoms with Crippen LogP contribution < -0.4 is 20.9 Å². The zero-order valence-corrected chi connectivity index (χ0v) is 13.3. The van der Waals surface area contributed by atoms with Gasteiger partial charge in [0.05, 0.1) is 17.9 Å². The molecule has 0 aromatic heterocycles. The Balaban J connectivity index is 1.64. The number of amides is 3. The van der Waals surface area contributed by atoms with E-state index in [0.29, 0.717) is 25.3 Å². The Morgan fingerprint density at radius 3 is 2.62 bits per heavy atom. The quantitative estimate of drug-likeness (QED) is 0.805. The van der Waals surface area contributed by atoms with Gasteiger partial charge < -0.3 is 20.9 Å². The van der Waals surface area contributed by atoms with Crippen molar-refractivity contribution in [3.05, 3.63) is 60.2 Å². The van der Waals surface area contributed by atoms with E-state index in [-0.39, 0.29) is 11.9 Å². The lowest BCUT2D eigenvalue weighted by molar-refractivity contribution is -0.120. The fourth-order valence-electron chi connectivity index (χ4n) is 2.64. The highest BCUT2D eigenvalue weighted by molar-refractivity contribution is 5.94. The van der Waals surface area contributed by atoms with Crippen molar-refractivity contribution >= 4 is 23.3 Å². The zero-order valence-electron chi connectivity index (χ0n) is 13.3. The molecule has 124 valence electrons. The third-order valence-electron chi connectivity index (χ3n) is 3.83. The molecule has 1 aliphatic rings. The molecule has 0 spiro atoms. The van der Waals surface area contributed by atoms with Gasteiger partial charge in [-0.3, -0.25) is 4.79 Å². The molecule has 3 amide bonds. The smallest absolute Gasteiger partial charge is 0.319 e. The normalized spacial score (nSPS) is 14.0. The first-order chi connectivity index (χ1) is 11.7. The minimum absolute atomic E-state index is 0.00965. The monoisotopic (exact) mass is 324 g/mol. The highest BCUT2D eigenvalue weighted by Gasteiger charge is 2.19. The summed E-state index contributed by atoms with van der Waals surface area (Å²) in [5, 5.41) is 8.51. The predicted octanol–water partition coefficient (Wildman–Crippen LogP) is 1.94. The molecule has 6 nitrogen and oxygen atoms in total. The summed E-state index contributed by atoms with van der Waals surface area (Å²) in [6, 6.07) is 17.0. The van der Waals surface area contributed by atoms with Crippen molar-refractivity contribution in [2.45, 2.75) is 6.54 Å². The van der Waals surface area contributed by atoms with E-state index in [0.717, 1.165) is 17.8 Å². The molecule has 1 aliphatic heterocycles. The van der Waals surface area contributed by atoms with Gasteiger partial charge in [0.2, 0.25) is 5.91 Å². The van der Waals surface area contributed by atoms with Crippen LogP contribution in [-0.2, 0) is 11.3 Å². The van der Waals surface area contributed by atoms with E-state index in [1.807, 2.05) is 59.5 Å². The number of piperazine rings is 1. The van der Waals surface area contributed by atoms with Crippen molar-refractivity contribution in [2.24, 2.45) is 0 Å². The lowest BCUT2D eigenvalue weighted by atomic mass is 10.2. The van der Waals surface area contributed by atoms with Crippen LogP contribution in [0.25, 0.3) is 0 Å². The first-order valence-corrected chi connectivity index (χ1v) is 7.92. The third kappa shape index (κ3) is 4.04. The van der Waals surface area contributed by atoms with Gasteiger partial charge in [0.25, 0.3) is 0 Å². The van der Waals surface area contributed by atoms with Crippen LogP contribution in [0, 0.1) is 0 Å². The third-order valence-corrected chi connectivity index (χ3v) is 3.83. The summed E-state index contributed by atoms with van der Waals surface area (Å²) in [6.45, 7) is 2.08. The lowest BCUT2D eigenvalue weighted by Crippen LogP contribution is -2.48. The molecular weight excluding hydrogens is 304 g/mol. The molecule has 0 aliphatic carbocycles. The maximum absolute atomic E-state index is 12.2. The summed E-state index contributed by atoms with van der Waals surface area (Å²) in [6.07, 6.45) is 0. The van der Waals surface area contributed by atoms with Crippen molar-refractivity contribution in [1.29, 1.82) is 0 Å². The van der Waals surface area contributed by atoms with E-state index in [4.69, 9.17) is 0 Å². The molecule has 1 fully saturated rings. The first-order valence-electron chi connectivity index (χ1n) is 7.92. The van der Waals surface area contributed by atoms with Crippen molar-refractivity contribution < 1.29 is 9.59 Å². The molecule has 1 heterocycles. The summed E-state index contributed by atoms with van der Waals surface area (Å²) in [4.78, 5) is 25.7. The number of nitrogens with zero attached hydrogens (tertiary/aromatic N) is 1. The van der Waals surface area contributed by atoms with E-state index < -0.39 is 0 Å². The Morgan fingerprint density at radius 2 is 1.83 bits per heavy atom. The number of benzene rings is 2. The minimum Gasteiger partial charge on any atom is -0.359 e. The average Bonchev–Trinajstić information content (AvgIpc) is 2.61. The van der Waals surface area contributed by atoms with Crippen molar-refractivity contribution in [3.8, 4) is 0 Å². The topological polar surface area (TPSA) is 73.5 Å². The van der Waals surface area contributed by atoms with Gasteiger partial charge in [0.1, 0.15) is 0 Å². The standard InChI is InChI=1S/C18H20N4O2/c23-17-13-22(11-10-19-17)16-9-5-4-8-15(16)21-18(24)20-12-14-6-2-1-3-7-14/h1-9H,10-13H2,(H,19,23)(H2,20,21,24). The number of carbonyl (C=O) groups is 2. The van der Waals surface area contributed by atoms with Crippen molar-refractivity contribution in [3.63, 3.8) is 0 Å². The molecule has 0 atom stereocenters. The fourth-order valence-corrected chi connectivity index (χ4v) is 2.64. The summed E-state index contributed by atoms with van der Waals surface area (Å²) in [5.74, 6) is -0.00965.